The lowest BCUT2D eigenvalue weighted by Crippen LogP contribution is -2.37. The van der Waals surface area contributed by atoms with E-state index < -0.39 is 0 Å². The number of para-hydroxylation sites is 1. The van der Waals surface area contributed by atoms with Crippen LogP contribution in [0.5, 0.6) is 0 Å². The van der Waals surface area contributed by atoms with Crippen molar-refractivity contribution in [3.8, 4) is 0 Å². The van der Waals surface area contributed by atoms with E-state index in [1.807, 2.05) is 45.0 Å². The third-order valence-electron chi connectivity index (χ3n) is 3.11. The molecule has 100 valence electrons. The lowest BCUT2D eigenvalue weighted by atomic mass is 10.2. The fourth-order valence-electron chi connectivity index (χ4n) is 2.13. The summed E-state index contributed by atoms with van der Waals surface area (Å²) in [6.07, 6.45) is 0. The first kappa shape index (κ1) is 13.8. The van der Waals surface area contributed by atoms with Crippen molar-refractivity contribution in [2.45, 2.75) is 26.8 Å². The molecule has 0 spiro atoms. The lowest BCUT2D eigenvalue weighted by molar-refractivity contribution is 0.0711. The number of amides is 1. The van der Waals surface area contributed by atoms with Crippen molar-refractivity contribution < 1.29 is 4.79 Å². The summed E-state index contributed by atoms with van der Waals surface area (Å²) in [6.45, 7) is 6.59. The zero-order valence-electron chi connectivity index (χ0n) is 11.4. The molecule has 4 heteroatoms. The SMILES string of the molecule is CCN(C(=O)c1cc(Cl)c2ccccc2n1)C(C)C. The molecule has 1 aromatic heterocycles. The van der Waals surface area contributed by atoms with E-state index in [2.05, 4.69) is 4.98 Å². The molecule has 0 radical (unpaired) electrons. The lowest BCUT2D eigenvalue weighted by Gasteiger charge is -2.24. The van der Waals surface area contributed by atoms with Gasteiger partial charge in [0.2, 0.25) is 0 Å². The number of hydrogen-bond acceptors (Lipinski definition) is 2. The first-order chi connectivity index (χ1) is 9.04. The molecule has 0 aliphatic carbocycles. The Morgan fingerprint density at radius 3 is 2.68 bits per heavy atom. The number of fused-ring (bicyclic) bond motifs is 1. The van der Waals surface area contributed by atoms with Gasteiger partial charge in [0.15, 0.2) is 0 Å². The number of aromatic nitrogens is 1. The van der Waals surface area contributed by atoms with E-state index >= 15 is 0 Å². The second-order valence-electron chi connectivity index (χ2n) is 4.69. The first-order valence-corrected chi connectivity index (χ1v) is 6.78. The summed E-state index contributed by atoms with van der Waals surface area (Å²) in [4.78, 5) is 18.6. The number of rotatable bonds is 3. The molecule has 0 aliphatic heterocycles. The Hall–Kier alpha value is -1.61. The molecule has 2 aromatic rings. The van der Waals surface area contributed by atoms with Crippen molar-refractivity contribution in [1.82, 2.24) is 9.88 Å². The normalized spacial score (nSPS) is 11.0. The summed E-state index contributed by atoms with van der Waals surface area (Å²) in [5.41, 5.74) is 1.15. The quantitative estimate of drug-likeness (QED) is 0.855. The highest BCUT2D eigenvalue weighted by Crippen LogP contribution is 2.23. The van der Waals surface area contributed by atoms with E-state index in [1.165, 1.54) is 0 Å². The summed E-state index contributed by atoms with van der Waals surface area (Å²) in [6, 6.07) is 9.36. The topological polar surface area (TPSA) is 33.2 Å². The highest BCUT2D eigenvalue weighted by Gasteiger charge is 2.19. The van der Waals surface area contributed by atoms with Crippen molar-refractivity contribution in [3.05, 3.63) is 41.0 Å². The molecule has 0 unspecified atom stereocenters. The fourth-order valence-corrected chi connectivity index (χ4v) is 2.40. The minimum Gasteiger partial charge on any atom is -0.335 e. The predicted molar refractivity (Wildman–Crippen MR) is 78.6 cm³/mol. The van der Waals surface area contributed by atoms with E-state index in [9.17, 15) is 4.79 Å². The van der Waals surface area contributed by atoms with Gasteiger partial charge in [0.1, 0.15) is 5.69 Å². The Balaban J connectivity index is 2.48. The standard InChI is InChI=1S/C15H17ClN2O/c1-4-18(10(2)3)15(19)14-9-12(16)11-7-5-6-8-13(11)17-14/h5-10H,4H2,1-3H3. The van der Waals surface area contributed by atoms with Crippen LogP contribution in [0.1, 0.15) is 31.3 Å². The first-order valence-electron chi connectivity index (χ1n) is 6.40. The number of carbonyl (C=O) groups is 1. The average molecular weight is 277 g/mol. The van der Waals surface area contributed by atoms with E-state index in [4.69, 9.17) is 11.6 Å². The maximum atomic E-state index is 12.4. The monoisotopic (exact) mass is 276 g/mol. The molecule has 19 heavy (non-hydrogen) atoms. The minimum atomic E-state index is -0.0786. The molecule has 0 saturated heterocycles. The van der Waals surface area contributed by atoms with Gasteiger partial charge in [-0.1, -0.05) is 29.8 Å². The summed E-state index contributed by atoms with van der Waals surface area (Å²) in [5.74, 6) is -0.0786. The van der Waals surface area contributed by atoms with Crippen molar-refractivity contribution in [1.29, 1.82) is 0 Å². The van der Waals surface area contributed by atoms with Gasteiger partial charge >= 0.3 is 0 Å². The van der Waals surface area contributed by atoms with Crippen LogP contribution in [-0.4, -0.2) is 28.4 Å². The number of nitrogens with zero attached hydrogens (tertiary/aromatic N) is 2. The van der Waals surface area contributed by atoms with E-state index in [0.29, 0.717) is 17.3 Å². The number of benzene rings is 1. The van der Waals surface area contributed by atoms with Crippen LogP contribution in [0.4, 0.5) is 0 Å². The summed E-state index contributed by atoms with van der Waals surface area (Å²) >= 11 is 6.22. The predicted octanol–water partition coefficient (Wildman–Crippen LogP) is 3.76. The van der Waals surface area contributed by atoms with Gasteiger partial charge in [-0.25, -0.2) is 4.98 Å². The van der Waals surface area contributed by atoms with Crippen LogP contribution in [0.2, 0.25) is 5.02 Å². The third kappa shape index (κ3) is 2.71. The molecular formula is C15H17ClN2O. The molecule has 0 atom stereocenters. The smallest absolute Gasteiger partial charge is 0.272 e. The molecule has 0 aliphatic rings. The molecule has 1 heterocycles. The summed E-state index contributed by atoms with van der Waals surface area (Å²) < 4.78 is 0. The number of halogens is 1. The Morgan fingerprint density at radius 1 is 1.37 bits per heavy atom. The molecule has 3 nitrogen and oxygen atoms in total. The van der Waals surface area contributed by atoms with Crippen LogP contribution in [0.15, 0.2) is 30.3 Å². The van der Waals surface area contributed by atoms with Crippen molar-refractivity contribution in [3.63, 3.8) is 0 Å². The maximum absolute atomic E-state index is 12.4. The number of pyridine rings is 1. The van der Waals surface area contributed by atoms with Crippen molar-refractivity contribution in [2.24, 2.45) is 0 Å². The summed E-state index contributed by atoms with van der Waals surface area (Å²) in [5, 5.41) is 1.43. The van der Waals surface area contributed by atoms with Crippen molar-refractivity contribution in [2.75, 3.05) is 6.54 Å². The molecule has 0 fully saturated rings. The Labute approximate surface area is 118 Å². The van der Waals surface area contributed by atoms with Crippen LogP contribution >= 0.6 is 11.6 Å². The minimum absolute atomic E-state index is 0.0786. The largest absolute Gasteiger partial charge is 0.335 e. The third-order valence-corrected chi connectivity index (χ3v) is 3.42. The Bertz CT molecular complexity index is 610. The molecule has 1 aromatic carbocycles. The Morgan fingerprint density at radius 2 is 2.05 bits per heavy atom. The van der Waals surface area contributed by atoms with Gasteiger partial charge in [0.25, 0.3) is 5.91 Å². The zero-order chi connectivity index (χ0) is 14.0. The highest BCUT2D eigenvalue weighted by molar-refractivity contribution is 6.35. The number of hydrogen-bond donors (Lipinski definition) is 0. The van der Waals surface area contributed by atoms with E-state index in [-0.39, 0.29) is 11.9 Å². The molecule has 0 N–H and O–H groups in total. The number of carbonyl (C=O) groups excluding carboxylic acids is 1. The van der Waals surface area contributed by atoms with Gasteiger partial charge in [-0.2, -0.15) is 0 Å². The van der Waals surface area contributed by atoms with Gasteiger partial charge in [0.05, 0.1) is 10.5 Å². The molecular weight excluding hydrogens is 260 g/mol. The van der Waals surface area contributed by atoms with Gasteiger partial charge in [-0.15, -0.1) is 0 Å². The second-order valence-corrected chi connectivity index (χ2v) is 5.10. The van der Waals surface area contributed by atoms with Crippen LogP contribution < -0.4 is 0 Å². The summed E-state index contributed by atoms with van der Waals surface area (Å²) in [7, 11) is 0. The molecule has 0 bridgehead atoms. The second kappa shape index (κ2) is 5.57. The van der Waals surface area contributed by atoms with Crippen LogP contribution in [-0.2, 0) is 0 Å². The Kier molecular flexibility index (Phi) is 4.05. The molecule has 1 amide bonds. The van der Waals surface area contributed by atoms with Crippen LogP contribution in [0.3, 0.4) is 0 Å². The van der Waals surface area contributed by atoms with Crippen LogP contribution in [0.25, 0.3) is 10.9 Å². The zero-order valence-corrected chi connectivity index (χ0v) is 12.1. The maximum Gasteiger partial charge on any atom is 0.272 e. The molecule has 0 saturated carbocycles. The van der Waals surface area contributed by atoms with Crippen LogP contribution in [0, 0.1) is 0 Å². The van der Waals surface area contributed by atoms with Gasteiger partial charge in [-0.3, -0.25) is 4.79 Å². The van der Waals surface area contributed by atoms with Gasteiger partial charge in [-0.05, 0) is 32.9 Å². The fraction of sp³-hybridized carbons (Fsp3) is 0.333. The van der Waals surface area contributed by atoms with Gasteiger partial charge < -0.3 is 4.90 Å². The van der Waals surface area contributed by atoms with E-state index in [0.717, 1.165) is 10.9 Å². The average Bonchev–Trinajstić information content (AvgIpc) is 2.39. The van der Waals surface area contributed by atoms with Crippen molar-refractivity contribution >= 4 is 28.4 Å². The van der Waals surface area contributed by atoms with Gasteiger partial charge in [0, 0.05) is 18.0 Å². The molecule has 2 rings (SSSR count). The highest BCUT2D eigenvalue weighted by atomic mass is 35.5. The van der Waals surface area contributed by atoms with E-state index in [1.54, 1.807) is 11.0 Å².